The lowest BCUT2D eigenvalue weighted by Gasteiger charge is -2.10. The fraction of sp³-hybridized carbons (Fsp3) is 0.0909. The van der Waals surface area contributed by atoms with E-state index in [1.165, 1.54) is 10.7 Å². The van der Waals surface area contributed by atoms with Gasteiger partial charge in [0.2, 0.25) is 0 Å². The molecule has 0 atom stereocenters. The molecular formula is C11H11N3O2. The number of carbonyl (C=O) groups excluding carboxylic acids is 1. The summed E-state index contributed by atoms with van der Waals surface area (Å²) in [5.74, 6) is -0.722. The molecule has 0 aliphatic heterocycles. The van der Waals surface area contributed by atoms with Crippen LogP contribution in [0.25, 0.3) is 10.9 Å². The molecule has 1 heterocycles. The largest absolute Gasteiger partial charge is 0.365 e. The molecule has 0 spiro atoms. The van der Waals surface area contributed by atoms with Crippen LogP contribution < -0.4 is 16.7 Å². The van der Waals surface area contributed by atoms with Gasteiger partial charge >= 0.3 is 0 Å². The van der Waals surface area contributed by atoms with E-state index in [9.17, 15) is 9.59 Å². The van der Waals surface area contributed by atoms with Crippen LogP contribution in [0.2, 0.25) is 0 Å². The maximum absolute atomic E-state index is 11.9. The summed E-state index contributed by atoms with van der Waals surface area (Å²) in [5, 5.41) is 0.783. The minimum absolute atomic E-state index is 0.0203. The van der Waals surface area contributed by atoms with Crippen LogP contribution in [0, 0.1) is 0 Å². The Hall–Kier alpha value is -2.30. The van der Waals surface area contributed by atoms with Gasteiger partial charge in [-0.2, -0.15) is 0 Å². The van der Waals surface area contributed by atoms with E-state index in [1.807, 2.05) is 18.2 Å². The van der Waals surface area contributed by atoms with Crippen LogP contribution in [-0.4, -0.2) is 17.6 Å². The smallest absolute Gasteiger partial charge is 0.282 e. The van der Waals surface area contributed by atoms with Crippen molar-refractivity contribution in [3.05, 3.63) is 46.2 Å². The summed E-state index contributed by atoms with van der Waals surface area (Å²) in [6.07, 6.45) is 0. The van der Waals surface area contributed by atoms with E-state index < -0.39 is 11.5 Å². The fourth-order valence-corrected chi connectivity index (χ4v) is 1.66. The van der Waals surface area contributed by atoms with Gasteiger partial charge < -0.3 is 11.2 Å². The Balaban J connectivity index is 2.94. The second-order valence-corrected chi connectivity index (χ2v) is 3.35. The number of fused-ring (bicyclic) bond motifs is 1. The highest BCUT2D eigenvalue weighted by atomic mass is 16.2. The monoisotopic (exact) mass is 217 g/mol. The maximum Gasteiger partial charge on any atom is 0.282 e. The summed E-state index contributed by atoms with van der Waals surface area (Å²) in [5.41, 5.74) is 8.13. The van der Waals surface area contributed by atoms with Crippen molar-refractivity contribution in [2.75, 3.05) is 12.5 Å². The number of para-hydroxylation sites is 1. The van der Waals surface area contributed by atoms with E-state index in [2.05, 4.69) is 5.43 Å². The highest BCUT2D eigenvalue weighted by Crippen LogP contribution is 2.11. The van der Waals surface area contributed by atoms with Gasteiger partial charge in [-0.05, 0) is 12.1 Å². The van der Waals surface area contributed by atoms with Crippen LogP contribution in [0.15, 0.2) is 35.1 Å². The third-order valence-electron chi connectivity index (χ3n) is 2.40. The zero-order valence-electron chi connectivity index (χ0n) is 8.73. The molecule has 0 radical (unpaired) electrons. The lowest BCUT2D eigenvalue weighted by Crippen LogP contribution is -2.33. The van der Waals surface area contributed by atoms with Crippen LogP contribution in [-0.2, 0) is 0 Å². The summed E-state index contributed by atoms with van der Waals surface area (Å²) in [4.78, 5) is 23.0. The van der Waals surface area contributed by atoms with Gasteiger partial charge in [0.15, 0.2) is 0 Å². The quantitative estimate of drug-likeness (QED) is 0.758. The number of amides is 1. The molecule has 5 heteroatoms. The summed E-state index contributed by atoms with van der Waals surface area (Å²) in [7, 11) is 1.61. The predicted molar refractivity (Wildman–Crippen MR) is 62.0 cm³/mol. The van der Waals surface area contributed by atoms with Crippen LogP contribution in [0.5, 0.6) is 0 Å². The number of carbonyl (C=O) groups is 1. The highest BCUT2D eigenvalue weighted by molar-refractivity contribution is 5.96. The predicted octanol–water partition coefficient (Wildman–Crippen LogP) is 0.274. The second kappa shape index (κ2) is 3.69. The number of nitrogens with two attached hydrogens (primary N) is 1. The van der Waals surface area contributed by atoms with Gasteiger partial charge in [-0.25, -0.2) is 4.68 Å². The Morgan fingerprint density at radius 3 is 2.69 bits per heavy atom. The molecule has 1 aromatic carbocycles. The molecule has 0 bridgehead atoms. The van der Waals surface area contributed by atoms with E-state index in [-0.39, 0.29) is 5.56 Å². The molecule has 1 aromatic heterocycles. The summed E-state index contributed by atoms with van der Waals surface area (Å²) in [6, 6.07) is 8.76. The molecule has 0 aliphatic rings. The topological polar surface area (TPSA) is 77.1 Å². The van der Waals surface area contributed by atoms with E-state index in [1.54, 1.807) is 13.1 Å². The fourth-order valence-electron chi connectivity index (χ4n) is 1.66. The molecule has 1 amide bonds. The second-order valence-electron chi connectivity index (χ2n) is 3.35. The van der Waals surface area contributed by atoms with Crippen LogP contribution in [0.4, 0.5) is 0 Å². The van der Waals surface area contributed by atoms with Crippen molar-refractivity contribution in [1.82, 2.24) is 4.68 Å². The number of benzene rings is 1. The number of nitrogens with zero attached hydrogens (tertiary/aromatic N) is 1. The molecule has 0 fully saturated rings. The summed E-state index contributed by atoms with van der Waals surface area (Å²) in [6.45, 7) is 0. The summed E-state index contributed by atoms with van der Waals surface area (Å²) >= 11 is 0. The van der Waals surface area contributed by atoms with E-state index in [0.29, 0.717) is 5.52 Å². The maximum atomic E-state index is 11.9. The van der Waals surface area contributed by atoms with Crippen molar-refractivity contribution < 1.29 is 4.79 Å². The number of pyridine rings is 1. The number of primary amides is 1. The number of hydrogen-bond donors (Lipinski definition) is 2. The van der Waals surface area contributed by atoms with Crippen molar-refractivity contribution in [2.45, 2.75) is 0 Å². The Morgan fingerprint density at radius 1 is 1.38 bits per heavy atom. The van der Waals surface area contributed by atoms with E-state index >= 15 is 0 Å². The molecular weight excluding hydrogens is 206 g/mol. The first kappa shape index (κ1) is 10.2. The van der Waals surface area contributed by atoms with Gasteiger partial charge in [0.25, 0.3) is 11.5 Å². The molecule has 0 aliphatic carbocycles. The average molecular weight is 217 g/mol. The Labute approximate surface area is 91.5 Å². The van der Waals surface area contributed by atoms with Gasteiger partial charge in [0.1, 0.15) is 5.56 Å². The van der Waals surface area contributed by atoms with E-state index in [0.717, 1.165) is 5.39 Å². The summed E-state index contributed by atoms with van der Waals surface area (Å²) < 4.78 is 1.30. The molecule has 0 saturated heterocycles. The van der Waals surface area contributed by atoms with Gasteiger partial charge in [-0.1, -0.05) is 18.2 Å². The standard InChI is InChI=1S/C11H11N3O2/c1-13-14-9-5-3-2-4-7(9)6-8(10(12)15)11(14)16/h2-6,13H,1H3,(H2,12,15). The molecule has 2 aromatic rings. The van der Waals surface area contributed by atoms with Crippen molar-refractivity contribution in [3.8, 4) is 0 Å². The first-order valence-electron chi connectivity index (χ1n) is 4.77. The number of rotatable bonds is 2. The van der Waals surface area contributed by atoms with Crippen molar-refractivity contribution in [2.24, 2.45) is 5.73 Å². The molecule has 82 valence electrons. The van der Waals surface area contributed by atoms with Crippen molar-refractivity contribution in [3.63, 3.8) is 0 Å². The van der Waals surface area contributed by atoms with Crippen LogP contribution in [0.1, 0.15) is 10.4 Å². The van der Waals surface area contributed by atoms with Gasteiger partial charge in [0, 0.05) is 12.4 Å². The minimum Gasteiger partial charge on any atom is -0.365 e. The molecule has 16 heavy (non-hydrogen) atoms. The molecule has 0 unspecified atom stereocenters. The van der Waals surface area contributed by atoms with Gasteiger partial charge in [-0.3, -0.25) is 9.59 Å². The zero-order chi connectivity index (χ0) is 11.7. The molecule has 3 N–H and O–H groups in total. The Bertz CT molecular complexity index is 616. The average Bonchev–Trinajstić information content (AvgIpc) is 2.28. The lowest BCUT2D eigenvalue weighted by molar-refractivity contribution is 0.0998. The minimum atomic E-state index is -0.722. The highest BCUT2D eigenvalue weighted by Gasteiger charge is 2.11. The number of hydrogen-bond acceptors (Lipinski definition) is 3. The van der Waals surface area contributed by atoms with E-state index in [4.69, 9.17) is 5.73 Å². The zero-order valence-corrected chi connectivity index (χ0v) is 8.73. The first-order chi connectivity index (χ1) is 7.65. The third kappa shape index (κ3) is 1.42. The van der Waals surface area contributed by atoms with Gasteiger partial charge in [-0.15, -0.1) is 0 Å². The van der Waals surface area contributed by atoms with Crippen LogP contribution >= 0.6 is 0 Å². The van der Waals surface area contributed by atoms with Crippen molar-refractivity contribution in [1.29, 1.82) is 0 Å². The number of aromatic nitrogens is 1. The van der Waals surface area contributed by atoms with Crippen LogP contribution in [0.3, 0.4) is 0 Å². The van der Waals surface area contributed by atoms with Crippen molar-refractivity contribution >= 4 is 16.8 Å². The first-order valence-corrected chi connectivity index (χ1v) is 4.77. The SMILES string of the molecule is CNn1c(=O)c(C(N)=O)cc2ccccc21. The normalized spacial score (nSPS) is 10.3. The number of nitrogens with one attached hydrogen (secondary N) is 1. The molecule has 2 rings (SSSR count). The molecule has 0 saturated carbocycles. The Kier molecular flexibility index (Phi) is 2.36. The molecule has 5 nitrogen and oxygen atoms in total. The third-order valence-corrected chi connectivity index (χ3v) is 2.40. The van der Waals surface area contributed by atoms with Gasteiger partial charge in [0.05, 0.1) is 5.52 Å². The lowest BCUT2D eigenvalue weighted by atomic mass is 10.1. The Morgan fingerprint density at radius 2 is 2.06 bits per heavy atom.